The van der Waals surface area contributed by atoms with E-state index in [1.54, 1.807) is 0 Å². The number of rotatable bonds is 2. The van der Waals surface area contributed by atoms with Gasteiger partial charge in [0.25, 0.3) is 0 Å². The maximum atomic E-state index is 10.2. The van der Waals surface area contributed by atoms with E-state index >= 15 is 0 Å². The number of halogens is 1. The summed E-state index contributed by atoms with van der Waals surface area (Å²) in [6.07, 6.45) is 2.33. The summed E-state index contributed by atoms with van der Waals surface area (Å²) in [5.74, 6) is 1.13. The first-order chi connectivity index (χ1) is 7.50. The van der Waals surface area contributed by atoms with Gasteiger partial charge in [-0.05, 0) is 72.6 Å². The number of nitrogens with zero attached hydrogens (tertiary/aromatic N) is 1. The summed E-state index contributed by atoms with van der Waals surface area (Å²) in [6.45, 7) is 3.11. The number of hydrogen-bond acceptors (Lipinski definition) is 2. The van der Waals surface area contributed by atoms with Gasteiger partial charge < -0.3 is 10.0 Å². The van der Waals surface area contributed by atoms with Crippen molar-refractivity contribution in [3.8, 4) is 5.75 Å². The fourth-order valence-corrected chi connectivity index (χ4v) is 3.15. The second kappa shape index (κ2) is 4.53. The summed E-state index contributed by atoms with van der Waals surface area (Å²) in [5, 5.41) is 10.2. The van der Waals surface area contributed by atoms with Crippen LogP contribution in [0.25, 0.3) is 0 Å². The van der Waals surface area contributed by atoms with Crippen molar-refractivity contribution < 1.29 is 5.11 Å². The fraction of sp³-hybridized carbons (Fsp3) is 0.538. The fourth-order valence-electron chi connectivity index (χ4n) is 2.49. The third-order valence-corrected chi connectivity index (χ3v) is 4.16. The Balaban J connectivity index is 2.53. The van der Waals surface area contributed by atoms with Crippen LogP contribution in [0.3, 0.4) is 0 Å². The molecule has 3 heteroatoms. The number of aromatic hydroxyl groups is 1. The first kappa shape index (κ1) is 12.2. The lowest BCUT2D eigenvalue weighted by Crippen LogP contribution is -2.13. The maximum Gasteiger partial charge on any atom is 0.133 e. The minimum atomic E-state index is 0.488. The van der Waals surface area contributed by atoms with Gasteiger partial charge in [0.2, 0.25) is 0 Å². The van der Waals surface area contributed by atoms with Crippen LogP contribution in [0.5, 0.6) is 5.75 Å². The molecule has 0 saturated carbocycles. The topological polar surface area (TPSA) is 23.5 Å². The van der Waals surface area contributed by atoms with Crippen molar-refractivity contribution in [2.45, 2.75) is 32.2 Å². The predicted molar refractivity (Wildman–Crippen MR) is 75.0 cm³/mol. The molecule has 1 atom stereocenters. The molecule has 0 saturated heterocycles. The first-order valence-electron chi connectivity index (χ1n) is 5.68. The normalized spacial score (nSPS) is 19.2. The first-order valence-corrected chi connectivity index (χ1v) is 6.76. The second-order valence-corrected chi connectivity index (χ2v) is 6.09. The van der Waals surface area contributed by atoms with Crippen LogP contribution in [0.15, 0.2) is 6.07 Å². The maximum absolute atomic E-state index is 10.2. The molecule has 1 aliphatic carbocycles. The van der Waals surface area contributed by atoms with Gasteiger partial charge in [0.1, 0.15) is 5.75 Å². The van der Waals surface area contributed by atoms with Crippen LogP contribution in [-0.2, 0) is 13.0 Å². The summed E-state index contributed by atoms with van der Waals surface area (Å²) in [4.78, 5) is 2.12. The van der Waals surface area contributed by atoms with E-state index in [2.05, 4.69) is 40.5 Å². The number of phenols is 1. The van der Waals surface area contributed by atoms with Crippen LogP contribution < -0.4 is 0 Å². The highest BCUT2D eigenvalue weighted by atomic mass is 127. The summed E-state index contributed by atoms with van der Waals surface area (Å²) in [6, 6.07) is 2.15. The van der Waals surface area contributed by atoms with Gasteiger partial charge in [0.05, 0.1) is 3.57 Å². The third kappa shape index (κ3) is 2.07. The Morgan fingerprint density at radius 1 is 1.50 bits per heavy atom. The number of benzene rings is 1. The Labute approximate surface area is 111 Å². The highest BCUT2D eigenvalue weighted by molar-refractivity contribution is 14.1. The molecular weight excluding hydrogens is 313 g/mol. The molecule has 0 amide bonds. The van der Waals surface area contributed by atoms with E-state index in [1.807, 2.05) is 14.1 Å². The van der Waals surface area contributed by atoms with Crippen LogP contribution in [0.4, 0.5) is 0 Å². The largest absolute Gasteiger partial charge is 0.506 e. The Hall–Kier alpha value is -0.290. The van der Waals surface area contributed by atoms with Crippen molar-refractivity contribution >= 4 is 22.6 Å². The molecule has 2 nitrogen and oxygen atoms in total. The summed E-state index contributed by atoms with van der Waals surface area (Å²) >= 11 is 2.23. The van der Waals surface area contributed by atoms with Crippen LogP contribution in [-0.4, -0.2) is 24.1 Å². The lowest BCUT2D eigenvalue weighted by Gasteiger charge is -2.17. The SMILES string of the molecule is CC1CCc2c1cc(I)c(O)c2CN(C)C. The van der Waals surface area contributed by atoms with Gasteiger partial charge in [-0.2, -0.15) is 0 Å². The molecule has 0 bridgehead atoms. The van der Waals surface area contributed by atoms with Crippen molar-refractivity contribution in [2.24, 2.45) is 0 Å². The monoisotopic (exact) mass is 331 g/mol. The number of phenolic OH excluding ortho intramolecular Hbond substituents is 1. The van der Waals surface area contributed by atoms with E-state index in [1.165, 1.54) is 17.5 Å². The molecule has 1 unspecified atom stereocenters. The van der Waals surface area contributed by atoms with Gasteiger partial charge in [-0.3, -0.25) is 0 Å². The average Bonchev–Trinajstić information content (AvgIpc) is 2.55. The summed E-state index contributed by atoms with van der Waals surface area (Å²) in [7, 11) is 4.09. The van der Waals surface area contributed by atoms with Crippen LogP contribution >= 0.6 is 22.6 Å². The quantitative estimate of drug-likeness (QED) is 0.842. The minimum absolute atomic E-state index is 0.488. The van der Waals surface area contributed by atoms with Crippen molar-refractivity contribution in [2.75, 3.05) is 14.1 Å². The summed E-state index contributed by atoms with van der Waals surface area (Å²) in [5.41, 5.74) is 3.97. The van der Waals surface area contributed by atoms with Crippen LogP contribution in [0.2, 0.25) is 0 Å². The van der Waals surface area contributed by atoms with E-state index in [0.717, 1.165) is 22.1 Å². The molecule has 2 rings (SSSR count). The van der Waals surface area contributed by atoms with Gasteiger partial charge in [-0.15, -0.1) is 0 Å². The molecule has 0 heterocycles. The molecule has 0 aromatic heterocycles. The average molecular weight is 331 g/mol. The second-order valence-electron chi connectivity index (χ2n) is 4.93. The van der Waals surface area contributed by atoms with Crippen molar-refractivity contribution in [1.29, 1.82) is 0 Å². The zero-order chi connectivity index (χ0) is 11.9. The molecule has 0 spiro atoms. The van der Waals surface area contributed by atoms with Gasteiger partial charge in [0.15, 0.2) is 0 Å². The molecule has 0 aliphatic heterocycles. The molecule has 0 fully saturated rings. The van der Waals surface area contributed by atoms with E-state index in [4.69, 9.17) is 0 Å². The molecule has 88 valence electrons. The number of hydrogen-bond donors (Lipinski definition) is 1. The molecule has 1 aliphatic rings. The molecule has 16 heavy (non-hydrogen) atoms. The molecule has 1 N–H and O–H groups in total. The Kier molecular flexibility index (Phi) is 3.45. The van der Waals surface area contributed by atoms with E-state index < -0.39 is 0 Å². The van der Waals surface area contributed by atoms with Crippen LogP contribution in [0.1, 0.15) is 36.0 Å². The zero-order valence-electron chi connectivity index (χ0n) is 10.0. The number of fused-ring (bicyclic) bond motifs is 1. The van der Waals surface area contributed by atoms with E-state index in [9.17, 15) is 5.11 Å². The van der Waals surface area contributed by atoms with E-state index in [-0.39, 0.29) is 0 Å². The lowest BCUT2D eigenvalue weighted by molar-refractivity contribution is 0.383. The highest BCUT2D eigenvalue weighted by Crippen LogP contribution is 2.40. The van der Waals surface area contributed by atoms with Gasteiger partial charge in [-0.1, -0.05) is 6.92 Å². The third-order valence-electron chi connectivity index (χ3n) is 3.34. The molecule has 0 radical (unpaired) electrons. The van der Waals surface area contributed by atoms with Crippen molar-refractivity contribution in [3.05, 3.63) is 26.3 Å². The Morgan fingerprint density at radius 3 is 2.81 bits per heavy atom. The molecule has 1 aromatic rings. The van der Waals surface area contributed by atoms with Crippen molar-refractivity contribution in [1.82, 2.24) is 4.90 Å². The smallest absolute Gasteiger partial charge is 0.133 e. The van der Waals surface area contributed by atoms with Gasteiger partial charge in [0, 0.05) is 12.1 Å². The van der Waals surface area contributed by atoms with Gasteiger partial charge in [-0.25, -0.2) is 0 Å². The Bertz CT molecular complexity index is 415. The zero-order valence-corrected chi connectivity index (χ0v) is 12.2. The predicted octanol–water partition coefficient (Wildman–Crippen LogP) is 3.11. The molecule has 1 aromatic carbocycles. The lowest BCUT2D eigenvalue weighted by atomic mass is 9.99. The molecular formula is C13H18INO. The van der Waals surface area contributed by atoms with Crippen molar-refractivity contribution in [3.63, 3.8) is 0 Å². The highest BCUT2D eigenvalue weighted by Gasteiger charge is 2.25. The minimum Gasteiger partial charge on any atom is -0.506 e. The summed E-state index contributed by atoms with van der Waals surface area (Å²) < 4.78 is 0.988. The standard InChI is InChI=1S/C13H18INO/c1-8-4-5-9-10(8)6-12(14)13(16)11(9)7-15(2)3/h6,8,16H,4-5,7H2,1-3H3. The Morgan fingerprint density at radius 2 is 2.19 bits per heavy atom. The van der Waals surface area contributed by atoms with Crippen LogP contribution in [0, 0.1) is 3.57 Å². The van der Waals surface area contributed by atoms with E-state index in [0.29, 0.717) is 11.7 Å². The van der Waals surface area contributed by atoms with Gasteiger partial charge >= 0.3 is 0 Å².